The summed E-state index contributed by atoms with van der Waals surface area (Å²) in [7, 11) is -4.04. The molecule has 0 atom stereocenters. The van der Waals surface area contributed by atoms with E-state index in [4.69, 9.17) is 4.74 Å². The number of hydrogen-bond acceptors (Lipinski definition) is 8. The highest BCUT2D eigenvalue weighted by atomic mass is 32.2. The first-order chi connectivity index (χ1) is 15.6. The van der Waals surface area contributed by atoms with E-state index in [0.717, 1.165) is 30.3 Å². The van der Waals surface area contributed by atoms with Gasteiger partial charge in [0, 0.05) is 17.3 Å². The standard InChI is InChI=1S/C20H16FN3O7S2/c1-2-31-20(26)16-11-17(24(27)28)32-19(16)22-18(25)12-4-3-5-14(10-12)23-33(29,30)15-8-6-13(21)7-9-15/h3-11,23H,2H2,1H3,(H,22,25). The summed E-state index contributed by atoms with van der Waals surface area (Å²) in [6.07, 6.45) is 0. The third-order valence-electron chi connectivity index (χ3n) is 4.12. The maximum Gasteiger partial charge on any atom is 0.341 e. The molecule has 172 valence electrons. The van der Waals surface area contributed by atoms with Crippen molar-refractivity contribution in [3.05, 3.63) is 81.7 Å². The lowest BCUT2D eigenvalue weighted by molar-refractivity contribution is -0.380. The lowest BCUT2D eigenvalue weighted by Gasteiger charge is -2.10. The molecule has 1 aromatic heterocycles. The zero-order valence-corrected chi connectivity index (χ0v) is 18.5. The highest BCUT2D eigenvalue weighted by Gasteiger charge is 2.24. The first-order valence-corrected chi connectivity index (χ1v) is 11.6. The number of amides is 1. The summed E-state index contributed by atoms with van der Waals surface area (Å²) in [6, 6.07) is 10.6. The van der Waals surface area contributed by atoms with E-state index >= 15 is 0 Å². The van der Waals surface area contributed by atoms with Crippen LogP contribution in [0.2, 0.25) is 0 Å². The first kappa shape index (κ1) is 23.8. The summed E-state index contributed by atoms with van der Waals surface area (Å²) in [5.74, 6) is -2.17. The molecule has 0 radical (unpaired) electrons. The van der Waals surface area contributed by atoms with Crippen molar-refractivity contribution in [3.63, 3.8) is 0 Å². The number of carbonyl (C=O) groups excluding carboxylic acids is 2. The fraction of sp³-hybridized carbons (Fsp3) is 0.100. The van der Waals surface area contributed by atoms with Crippen molar-refractivity contribution in [2.45, 2.75) is 11.8 Å². The normalized spacial score (nSPS) is 11.0. The Labute approximate surface area is 191 Å². The minimum atomic E-state index is -4.04. The number of benzene rings is 2. The molecular weight excluding hydrogens is 477 g/mol. The minimum Gasteiger partial charge on any atom is -0.462 e. The van der Waals surface area contributed by atoms with Gasteiger partial charge < -0.3 is 10.1 Å². The summed E-state index contributed by atoms with van der Waals surface area (Å²) in [4.78, 5) is 35.0. The largest absolute Gasteiger partial charge is 0.462 e. The van der Waals surface area contributed by atoms with Crippen LogP contribution in [0.3, 0.4) is 0 Å². The Bertz CT molecular complexity index is 1320. The number of carbonyl (C=O) groups is 2. The van der Waals surface area contributed by atoms with Crippen LogP contribution >= 0.6 is 11.3 Å². The zero-order chi connectivity index (χ0) is 24.2. The molecule has 0 aliphatic heterocycles. The number of nitrogens with one attached hydrogen (secondary N) is 2. The van der Waals surface area contributed by atoms with E-state index in [2.05, 4.69) is 10.0 Å². The van der Waals surface area contributed by atoms with Gasteiger partial charge in [0.05, 0.1) is 16.4 Å². The van der Waals surface area contributed by atoms with Crippen molar-refractivity contribution in [2.24, 2.45) is 0 Å². The van der Waals surface area contributed by atoms with Gasteiger partial charge in [-0.05, 0) is 60.7 Å². The Morgan fingerprint density at radius 3 is 2.48 bits per heavy atom. The van der Waals surface area contributed by atoms with E-state index in [-0.39, 0.29) is 38.3 Å². The number of ether oxygens (including phenoxy) is 1. The second-order valence-corrected chi connectivity index (χ2v) is 9.11. The van der Waals surface area contributed by atoms with Crippen LogP contribution in [0.4, 0.5) is 20.1 Å². The summed E-state index contributed by atoms with van der Waals surface area (Å²) >= 11 is 0.583. The fourth-order valence-electron chi connectivity index (χ4n) is 2.65. The topological polar surface area (TPSA) is 145 Å². The van der Waals surface area contributed by atoms with Gasteiger partial charge >= 0.3 is 11.0 Å². The zero-order valence-electron chi connectivity index (χ0n) is 16.9. The van der Waals surface area contributed by atoms with Crippen LogP contribution in [0.25, 0.3) is 0 Å². The predicted octanol–water partition coefficient (Wildman–Crippen LogP) is 4.03. The second kappa shape index (κ2) is 9.75. The monoisotopic (exact) mass is 493 g/mol. The van der Waals surface area contributed by atoms with Gasteiger partial charge in [-0.3, -0.25) is 19.6 Å². The Hall–Kier alpha value is -3.84. The maximum atomic E-state index is 13.1. The highest BCUT2D eigenvalue weighted by Crippen LogP contribution is 2.34. The summed E-state index contributed by atoms with van der Waals surface area (Å²) in [5.41, 5.74) is -0.106. The first-order valence-electron chi connectivity index (χ1n) is 9.26. The van der Waals surface area contributed by atoms with E-state index in [1.165, 1.54) is 24.3 Å². The van der Waals surface area contributed by atoms with E-state index < -0.39 is 32.6 Å². The van der Waals surface area contributed by atoms with Crippen LogP contribution in [-0.4, -0.2) is 31.8 Å². The van der Waals surface area contributed by atoms with E-state index in [9.17, 15) is 32.5 Å². The van der Waals surface area contributed by atoms with Gasteiger partial charge in [-0.2, -0.15) is 0 Å². The van der Waals surface area contributed by atoms with Gasteiger partial charge in [-0.25, -0.2) is 17.6 Å². The van der Waals surface area contributed by atoms with Crippen LogP contribution in [-0.2, 0) is 14.8 Å². The summed E-state index contributed by atoms with van der Waals surface area (Å²) in [5, 5.41) is 13.1. The lowest BCUT2D eigenvalue weighted by Crippen LogP contribution is -2.16. The molecule has 0 saturated heterocycles. The third-order valence-corrected chi connectivity index (χ3v) is 6.52. The SMILES string of the molecule is CCOC(=O)c1cc([N+](=O)[O-])sc1NC(=O)c1cccc(NS(=O)(=O)c2ccc(F)cc2)c1. The van der Waals surface area contributed by atoms with Gasteiger partial charge in [-0.15, -0.1) is 0 Å². The Balaban J connectivity index is 1.84. The van der Waals surface area contributed by atoms with Crippen LogP contribution < -0.4 is 10.0 Å². The number of esters is 1. The molecule has 3 aromatic rings. The van der Waals surface area contributed by atoms with Gasteiger partial charge in [-0.1, -0.05) is 6.07 Å². The van der Waals surface area contributed by atoms with Crippen molar-refractivity contribution < 1.29 is 32.1 Å². The van der Waals surface area contributed by atoms with Crippen molar-refractivity contribution >= 4 is 48.9 Å². The van der Waals surface area contributed by atoms with Crippen molar-refractivity contribution in [3.8, 4) is 0 Å². The van der Waals surface area contributed by atoms with E-state index in [1.54, 1.807) is 6.92 Å². The molecule has 1 amide bonds. The lowest BCUT2D eigenvalue weighted by atomic mass is 10.2. The molecule has 0 fully saturated rings. The average Bonchev–Trinajstić information content (AvgIpc) is 3.18. The molecule has 0 spiro atoms. The molecular formula is C20H16FN3O7S2. The molecule has 3 rings (SSSR count). The van der Waals surface area contributed by atoms with Gasteiger partial charge in [0.25, 0.3) is 15.9 Å². The van der Waals surface area contributed by atoms with Crippen LogP contribution in [0.1, 0.15) is 27.6 Å². The molecule has 0 bridgehead atoms. The number of rotatable bonds is 8. The van der Waals surface area contributed by atoms with Crippen LogP contribution in [0, 0.1) is 15.9 Å². The van der Waals surface area contributed by atoms with Crippen molar-refractivity contribution in [1.82, 2.24) is 0 Å². The highest BCUT2D eigenvalue weighted by molar-refractivity contribution is 7.92. The summed E-state index contributed by atoms with van der Waals surface area (Å²) < 4.78 is 45.2. The van der Waals surface area contributed by atoms with Crippen molar-refractivity contribution in [2.75, 3.05) is 16.6 Å². The molecule has 2 N–H and O–H groups in total. The van der Waals surface area contributed by atoms with Gasteiger partial charge in [0.1, 0.15) is 16.4 Å². The van der Waals surface area contributed by atoms with Crippen LogP contribution in [0.5, 0.6) is 0 Å². The molecule has 0 aliphatic rings. The molecule has 1 heterocycles. The van der Waals surface area contributed by atoms with Gasteiger partial charge in [0.2, 0.25) is 0 Å². The molecule has 10 nitrogen and oxygen atoms in total. The number of nitrogens with zero attached hydrogens (tertiary/aromatic N) is 1. The maximum absolute atomic E-state index is 13.1. The molecule has 33 heavy (non-hydrogen) atoms. The number of thiophene rings is 1. The van der Waals surface area contributed by atoms with Gasteiger partial charge in [0.15, 0.2) is 0 Å². The third kappa shape index (κ3) is 5.70. The van der Waals surface area contributed by atoms with Crippen molar-refractivity contribution in [1.29, 1.82) is 0 Å². The smallest absolute Gasteiger partial charge is 0.341 e. The molecule has 0 unspecified atom stereocenters. The molecule has 0 saturated carbocycles. The van der Waals surface area contributed by atoms with E-state index in [1.807, 2.05) is 0 Å². The quantitative estimate of drug-likeness (QED) is 0.274. The molecule has 0 aliphatic carbocycles. The molecule has 13 heteroatoms. The Kier molecular flexibility index (Phi) is 7.04. The molecule has 2 aromatic carbocycles. The predicted molar refractivity (Wildman–Crippen MR) is 119 cm³/mol. The fourth-order valence-corrected chi connectivity index (χ4v) is 4.55. The summed E-state index contributed by atoms with van der Waals surface area (Å²) in [6.45, 7) is 1.60. The average molecular weight is 493 g/mol. The number of hydrogen-bond donors (Lipinski definition) is 2. The minimum absolute atomic E-state index is 0.0140. The van der Waals surface area contributed by atoms with Crippen LogP contribution in [0.15, 0.2) is 59.5 Å². The number of halogens is 1. The Morgan fingerprint density at radius 1 is 1.15 bits per heavy atom. The Morgan fingerprint density at radius 2 is 1.85 bits per heavy atom. The van der Waals surface area contributed by atoms with E-state index in [0.29, 0.717) is 11.3 Å². The number of sulfonamides is 1. The number of anilines is 2. The number of nitro groups is 1. The second-order valence-electron chi connectivity index (χ2n) is 6.40.